The zero-order chi connectivity index (χ0) is 8.97. The van der Waals surface area contributed by atoms with Gasteiger partial charge in [0.1, 0.15) is 6.10 Å². The quantitative estimate of drug-likeness (QED) is 0.483. The predicted octanol–water partition coefficient (Wildman–Crippen LogP) is 0.724. The molecule has 0 radical (unpaired) electrons. The maximum absolute atomic E-state index is 7.14. The van der Waals surface area contributed by atoms with E-state index in [2.05, 4.69) is 11.8 Å². The molecule has 0 spiro atoms. The van der Waals surface area contributed by atoms with Crippen LogP contribution in [0.15, 0.2) is 0 Å². The van der Waals surface area contributed by atoms with E-state index in [-0.39, 0.29) is 12.0 Å². The Balaban J connectivity index is 2.27. The van der Waals surface area contributed by atoms with Crippen LogP contribution < -0.4 is 0 Å². The Labute approximate surface area is 72.5 Å². The van der Waals surface area contributed by atoms with Gasteiger partial charge in [-0.3, -0.25) is 10.3 Å². The standard InChI is InChI=1S/C8H15N3O/c1-2-11-4-3-7(6-11)12-8(10)5-9/h5,7,9-10H,2-4,6H2,1H3. The lowest BCUT2D eigenvalue weighted by Crippen LogP contribution is -2.24. The van der Waals surface area contributed by atoms with Gasteiger partial charge in [-0.25, -0.2) is 0 Å². The van der Waals surface area contributed by atoms with Gasteiger partial charge in [0, 0.05) is 13.1 Å². The number of rotatable bonds is 3. The maximum atomic E-state index is 7.14. The van der Waals surface area contributed by atoms with Crippen molar-refractivity contribution in [2.45, 2.75) is 19.4 Å². The first-order chi connectivity index (χ1) is 5.76. The van der Waals surface area contributed by atoms with Crippen LogP contribution in [0.2, 0.25) is 0 Å². The molecule has 12 heavy (non-hydrogen) atoms. The number of nitrogens with zero attached hydrogens (tertiary/aromatic N) is 1. The molecular weight excluding hydrogens is 154 g/mol. The Morgan fingerprint density at radius 3 is 3.00 bits per heavy atom. The average Bonchev–Trinajstić information content (AvgIpc) is 2.52. The molecule has 0 aliphatic carbocycles. The van der Waals surface area contributed by atoms with Gasteiger partial charge < -0.3 is 10.1 Å². The molecule has 1 aliphatic heterocycles. The molecule has 0 bridgehead atoms. The molecule has 68 valence electrons. The summed E-state index contributed by atoms with van der Waals surface area (Å²) in [4.78, 5) is 2.28. The molecule has 2 N–H and O–H groups in total. The van der Waals surface area contributed by atoms with Crippen molar-refractivity contribution >= 4 is 12.1 Å². The molecule has 0 amide bonds. The lowest BCUT2D eigenvalue weighted by atomic mass is 10.3. The largest absolute Gasteiger partial charge is 0.472 e. The van der Waals surface area contributed by atoms with Crippen LogP contribution >= 0.6 is 0 Å². The molecule has 0 aromatic carbocycles. The summed E-state index contributed by atoms with van der Waals surface area (Å²) >= 11 is 0. The van der Waals surface area contributed by atoms with Crippen molar-refractivity contribution in [3.63, 3.8) is 0 Å². The van der Waals surface area contributed by atoms with Crippen LogP contribution in [-0.2, 0) is 4.74 Å². The smallest absolute Gasteiger partial charge is 0.224 e. The summed E-state index contributed by atoms with van der Waals surface area (Å²) in [6.07, 6.45) is 2.04. The highest BCUT2D eigenvalue weighted by molar-refractivity contribution is 6.23. The fraction of sp³-hybridized carbons (Fsp3) is 0.750. The summed E-state index contributed by atoms with van der Waals surface area (Å²) in [6, 6.07) is 0. The highest BCUT2D eigenvalue weighted by Gasteiger charge is 2.22. The van der Waals surface area contributed by atoms with E-state index >= 15 is 0 Å². The van der Waals surface area contributed by atoms with Crippen molar-refractivity contribution in [2.24, 2.45) is 0 Å². The van der Waals surface area contributed by atoms with Gasteiger partial charge in [0.2, 0.25) is 5.90 Å². The summed E-state index contributed by atoms with van der Waals surface area (Å²) in [5, 5.41) is 13.9. The minimum atomic E-state index is -0.0297. The molecule has 1 unspecified atom stereocenters. The molecular formula is C8H15N3O. The Hall–Kier alpha value is -0.900. The summed E-state index contributed by atoms with van der Waals surface area (Å²) in [5.41, 5.74) is 0. The van der Waals surface area contributed by atoms with E-state index in [1.807, 2.05) is 0 Å². The Morgan fingerprint density at radius 2 is 2.50 bits per heavy atom. The third-order valence-electron chi connectivity index (χ3n) is 2.10. The normalized spacial score (nSPS) is 23.9. The van der Waals surface area contributed by atoms with Crippen LogP contribution in [0, 0.1) is 10.8 Å². The first-order valence-corrected chi connectivity index (χ1v) is 4.24. The van der Waals surface area contributed by atoms with Gasteiger partial charge in [-0.2, -0.15) is 0 Å². The van der Waals surface area contributed by atoms with E-state index in [0.717, 1.165) is 32.3 Å². The molecule has 4 heteroatoms. The second kappa shape index (κ2) is 4.21. The first kappa shape index (κ1) is 9.19. The van der Waals surface area contributed by atoms with E-state index in [4.69, 9.17) is 15.6 Å². The highest BCUT2D eigenvalue weighted by atomic mass is 16.5. The van der Waals surface area contributed by atoms with Gasteiger partial charge in [-0.1, -0.05) is 6.92 Å². The highest BCUT2D eigenvalue weighted by Crippen LogP contribution is 2.11. The van der Waals surface area contributed by atoms with Crippen molar-refractivity contribution in [2.75, 3.05) is 19.6 Å². The van der Waals surface area contributed by atoms with Crippen LogP contribution in [0.4, 0.5) is 0 Å². The fourth-order valence-corrected chi connectivity index (χ4v) is 1.39. The molecule has 1 heterocycles. The van der Waals surface area contributed by atoms with Crippen LogP contribution in [0.1, 0.15) is 13.3 Å². The summed E-state index contributed by atoms with van der Waals surface area (Å²) < 4.78 is 5.19. The Bertz CT molecular complexity index is 181. The van der Waals surface area contributed by atoms with Crippen LogP contribution in [0.25, 0.3) is 0 Å². The second-order valence-electron chi connectivity index (χ2n) is 2.93. The van der Waals surface area contributed by atoms with Gasteiger partial charge in [0.05, 0.1) is 6.21 Å². The molecule has 1 atom stereocenters. The molecule has 1 saturated heterocycles. The minimum Gasteiger partial charge on any atom is -0.472 e. The maximum Gasteiger partial charge on any atom is 0.224 e. The van der Waals surface area contributed by atoms with Crippen LogP contribution in [0.5, 0.6) is 0 Å². The zero-order valence-corrected chi connectivity index (χ0v) is 7.34. The SMILES string of the molecule is CCN1CCC(OC(=N)C=N)C1. The molecule has 0 aromatic rings. The van der Waals surface area contributed by atoms with Gasteiger partial charge in [-0.15, -0.1) is 0 Å². The van der Waals surface area contributed by atoms with E-state index in [1.54, 1.807) is 0 Å². The zero-order valence-electron chi connectivity index (χ0n) is 7.34. The average molecular weight is 169 g/mol. The van der Waals surface area contributed by atoms with Crippen LogP contribution in [0.3, 0.4) is 0 Å². The van der Waals surface area contributed by atoms with E-state index in [1.165, 1.54) is 0 Å². The summed E-state index contributed by atoms with van der Waals surface area (Å²) in [7, 11) is 0. The van der Waals surface area contributed by atoms with Gasteiger partial charge in [0.25, 0.3) is 0 Å². The number of likely N-dealkylation sites (tertiary alicyclic amines) is 1. The number of hydrogen-bond donors (Lipinski definition) is 2. The molecule has 1 fully saturated rings. The van der Waals surface area contributed by atoms with E-state index in [0.29, 0.717) is 0 Å². The van der Waals surface area contributed by atoms with Crippen molar-refractivity contribution in [1.82, 2.24) is 4.90 Å². The van der Waals surface area contributed by atoms with Crippen molar-refractivity contribution < 1.29 is 4.74 Å². The first-order valence-electron chi connectivity index (χ1n) is 4.24. The second-order valence-corrected chi connectivity index (χ2v) is 2.93. The monoisotopic (exact) mass is 169 g/mol. The molecule has 1 rings (SSSR count). The lowest BCUT2D eigenvalue weighted by molar-refractivity contribution is 0.193. The van der Waals surface area contributed by atoms with Crippen LogP contribution in [-0.4, -0.2) is 42.8 Å². The molecule has 0 aromatic heterocycles. The Kier molecular flexibility index (Phi) is 3.22. The minimum absolute atomic E-state index is 0.0297. The fourth-order valence-electron chi connectivity index (χ4n) is 1.39. The Morgan fingerprint density at radius 1 is 1.75 bits per heavy atom. The number of hydrogen-bond acceptors (Lipinski definition) is 4. The lowest BCUT2D eigenvalue weighted by Gasteiger charge is -2.13. The van der Waals surface area contributed by atoms with Crippen molar-refractivity contribution in [3.8, 4) is 0 Å². The number of nitrogens with one attached hydrogen (secondary N) is 2. The summed E-state index contributed by atoms with van der Waals surface area (Å²) in [6.45, 7) is 5.10. The van der Waals surface area contributed by atoms with Gasteiger partial charge in [-0.05, 0) is 13.0 Å². The van der Waals surface area contributed by atoms with Crippen molar-refractivity contribution in [3.05, 3.63) is 0 Å². The topological polar surface area (TPSA) is 60.2 Å². The number of ether oxygens (including phenoxy) is 1. The van der Waals surface area contributed by atoms with E-state index in [9.17, 15) is 0 Å². The molecule has 1 aliphatic rings. The number of likely N-dealkylation sites (N-methyl/N-ethyl adjacent to an activating group) is 1. The van der Waals surface area contributed by atoms with Gasteiger partial charge >= 0.3 is 0 Å². The third-order valence-corrected chi connectivity index (χ3v) is 2.10. The van der Waals surface area contributed by atoms with E-state index < -0.39 is 0 Å². The van der Waals surface area contributed by atoms with Gasteiger partial charge in [0.15, 0.2) is 0 Å². The predicted molar refractivity (Wildman–Crippen MR) is 48.1 cm³/mol. The molecule has 0 saturated carbocycles. The summed E-state index contributed by atoms with van der Waals surface area (Å²) in [5.74, 6) is -0.0297. The third kappa shape index (κ3) is 2.30. The molecule has 4 nitrogen and oxygen atoms in total. The van der Waals surface area contributed by atoms with Crippen molar-refractivity contribution in [1.29, 1.82) is 10.8 Å².